The summed E-state index contributed by atoms with van der Waals surface area (Å²) in [5.41, 5.74) is 1.67. The maximum atomic E-state index is 13.1. The Morgan fingerprint density at radius 2 is 1.55 bits per heavy atom. The molecular formula is C26H30N2O3S2. The van der Waals surface area contributed by atoms with Crippen LogP contribution in [0, 0.1) is 0 Å². The van der Waals surface area contributed by atoms with Crippen LogP contribution in [-0.2, 0) is 26.8 Å². The Hall–Kier alpha value is -2.61. The first-order valence-electron chi connectivity index (χ1n) is 10.8. The van der Waals surface area contributed by atoms with E-state index in [1.165, 1.54) is 9.20 Å². The second kappa shape index (κ2) is 10.5. The molecule has 0 atom stereocenters. The first-order chi connectivity index (χ1) is 15.6. The molecule has 0 saturated carbocycles. The molecule has 0 fully saturated rings. The predicted octanol–water partition coefficient (Wildman–Crippen LogP) is 5.54. The highest BCUT2D eigenvalue weighted by Crippen LogP contribution is 2.32. The van der Waals surface area contributed by atoms with E-state index in [4.69, 9.17) is 0 Å². The fraction of sp³-hybridized carbons (Fsp3) is 0.269. The number of carbonyl (C=O) groups excluding carboxylic acids is 1. The van der Waals surface area contributed by atoms with Gasteiger partial charge in [-0.2, -0.15) is 4.31 Å². The molecule has 0 bridgehead atoms. The Bertz CT molecular complexity index is 1170. The Morgan fingerprint density at radius 1 is 0.939 bits per heavy atom. The van der Waals surface area contributed by atoms with Gasteiger partial charge in [0.15, 0.2) is 0 Å². The summed E-state index contributed by atoms with van der Waals surface area (Å²) < 4.78 is 27.5. The van der Waals surface area contributed by atoms with Crippen LogP contribution in [0.1, 0.15) is 31.9 Å². The monoisotopic (exact) mass is 482 g/mol. The second-order valence-electron chi connectivity index (χ2n) is 8.22. The lowest BCUT2D eigenvalue weighted by atomic mass is 9.94. The fourth-order valence-corrected chi connectivity index (χ4v) is 5.64. The summed E-state index contributed by atoms with van der Waals surface area (Å²) in [5, 5.41) is 2.92. The van der Waals surface area contributed by atoms with E-state index in [0.717, 1.165) is 16.9 Å². The highest BCUT2D eigenvalue weighted by molar-refractivity contribution is 7.99. The predicted molar refractivity (Wildman–Crippen MR) is 136 cm³/mol. The summed E-state index contributed by atoms with van der Waals surface area (Å²) in [6.45, 7) is 5.84. The fourth-order valence-electron chi connectivity index (χ4n) is 3.46. The largest absolute Gasteiger partial charge is 0.326 e. The van der Waals surface area contributed by atoms with Crippen LogP contribution in [-0.4, -0.2) is 31.4 Å². The van der Waals surface area contributed by atoms with Crippen LogP contribution >= 0.6 is 11.8 Å². The van der Waals surface area contributed by atoms with E-state index in [1.807, 2.05) is 50.2 Å². The maximum absolute atomic E-state index is 13.1. The molecule has 5 nitrogen and oxygen atoms in total. The van der Waals surface area contributed by atoms with Crippen molar-refractivity contribution >= 4 is 33.4 Å². The summed E-state index contributed by atoms with van der Waals surface area (Å²) in [6, 6.07) is 23.7. The number of rotatable bonds is 9. The number of nitrogens with zero attached hydrogens (tertiary/aromatic N) is 1. The highest BCUT2D eigenvalue weighted by atomic mass is 32.2. The zero-order valence-corrected chi connectivity index (χ0v) is 21.0. The average Bonchev–Trinajstić information content (AvgIpc) is 2.81. The molecule has 0 heterocycles. The van der Waals surface area contributed by atoms with Crippen molar-refractivity contribution in [1.82, 2.24) is 4.31 Å². The molecule has 0 unspecified atom stereocenters. The number of anilines is 1. The van der Waals surface area contributed by atoms with E-state index in [9.17, 15) is 13.2 Å². The summed E-state index contributed by atoms with van der Waals surface area (Å²) in [5.74, 6) is 0.919. The van der Waals surface area contributed by atoms with Crippen LogP contribution in [0.5, 0.6) is 0 Å². The topological polar surface area (TPSA) is 66.5 Å². The van der Waals surface area contributed by atoms with Crippen molar-refractivity contribution in [3.63, 3.8) is 0 Å². The van der Waals surface area contributed by atoms with Crippen LogP contribution in [0.2, 0.25) is 0 Å². The third-order valence-corrected chi connectivity index (χ3v) is 8.60. The lowest BCUT2D eigenvalue weighted by Gasteiger charge is -2.35. The lowest BCUT2D eigenvalue weighted by molar-refractivity contribution is -0.115. The quantitative estimate of drug-likeness (QED) is 0.407. The molecule has 3 rings (SSSR count). The van der Waals surface area contributed by atoms with Crippen molar-refractivity contribution in [3.05, 3.63) is 90.0 Å². The molecule has 3 aromatic carbocycles. The van der Waals surface area contributed by atoms with E-state index in [1.54, 1.807) is 61.3 Å². The average molecular weight is 483 g/mol. The Morgan fingerprint density at radius 3 is 2.12 bits per heavy atom. The lowest BCUT2D eigenvalue weighted by Crippen LogP contribution is -2.42. The normalized spacial score (nSPS) is 12.0. The number of nitrogens with one attached hydrogen (secondary N) is 1. The van der Waals surface area contributed by atoms with Gasteiger partial charge < -0.3 is 5.32 Å². The number of hydrogen-bond acceptors (Lipinski definition) is 4. The second-order valence-corrected chi connectivity index (χ2v) is 11.5. The van der Waals surface area contributed by atoms with Crippen molar-refractivity contribution in [2.45, 2.75) is 42.5 Å². The molecule has 0 aromatic heterocycles. The van der Waals surface area contributed by atoms with Crippen molar-refractivity contribution in [3.8, 4) is 0 Å². The van der Waals surface area contributed by atoms with Crippen LogP contribution < -0.4 is 5.32 Å². The van der Waals surface area contributed by atoms with Gasteiger partial charge in [-0.25, -0.2) is 8.42 Å². The van der Waals surface area contributed by atoms with Crippen LogP contribution in [0.25, 0.3) is 0 Å². The Balaban J connectivity index is 1.67. The molecular weight excluding hydrogens is 452 g/mol. The van der Waals surface area contributed by atoms with Crippen molar-refractivity contribution in [2.75, 3.05) is 18.1 Å². The Labute approximate surface area is 201 Å². The summed E-state index contributed by atoms with van der Waals surface area (Å²) in [4.78, 5) is 13.9. The molecule has 0 aliphatic rings. The van der Waals surface area contributed by atoms with Gasteiger partial charge in [-0.05, 0) is 67.1 Å². The van der Waals surface area contributed by atoms with Gasteiger partial charge in [-0.1, -0.05) is 49.4 Å². The molecule has 0 aliphatic heterocycles. The molecule has 1 amide bonds. The van der Waals surface area contributed by atoms with Gasteiger partial charge in [-0.15, -0.1) is 11.8 Å². The van der Waals surface area contributed by atoms with E-state index >= 15 is 0 Å². The SMILES string of the molecule is CCSc1ccc(CC(=O)Nc2ccc(C(C)(C)N(C)S(=O)(=O)c3ccccc3)cc2)cc1. The van der Waals surface area contributed by atoms with Gasteiger partial charge in [0.25, 0.3) is 0 Å². The van der Waals surface area contributed by atoms with Gasteiger partial charge in [0.1, 0.15) is 0 Å². The number of benzene rings is 3. The third-order valence-electron chi connectivity index (χ3n) is 5.66. The molecule has 3 aromatic rings. The number of thioether (sulfide) groups is 1. The number of sulfonamides is 1. The molecule has 0 aliphatic carbocycles. The van der Waals surface area contributed by atoms with Crippen LogP contribution in [0.3, 0.4) is 0 Å². The summed E-state index contributed by atoms with van der Waals surface area (Å²) >= 11 is 1.77. The van der Waals surface area contributed by atoms with Gasteiger partial charge >= 0.3 is 0 Å². The van der Waals surface area contributed by atoms with Gasteiger partial charge in [-0.3, -0.25) is 4.79 Å². The van der Waals surface area contributed by atoms with Crippen molar-refractivity contribution < 1.29 is 13.2 Å². The third kappa shape index (κ3) is 6.05. The maximum Gasteiger partial charge on any atom is 0.243 e. The first kappa shape index (κ1) is 25.0. The highest BCUT2D eigenvalue weighted by Gasteiger charge is 2.35. The zero-order chi connectivity index (χ0) is 24.1. The summed E-state index contributed by atoms with van der Waals surface area (Å²) in [7, 11) is -2.07. The smallest absolute Gasteiger partial charge is 0.243 e. The number of carbonyl (C=O) groups is 1. The molecule has 0 radical (unpaired) electrons. The van der Waals surface area contributed by atoms with Gasteiger partial charge in [0, 0.05) is 17.6 Å². The van der Waals surface area contributed by atoms with E-state index in [-0.39, 0.29) is 10.8 Å². The minimum Gasteiger partial charge on any atom is -0.326 e. The number of amides is 1. The molecule has 174 valence electrons. The zero-order valence-electron chi connectivity index (χ0n) is 19.4. The van der Waals surface area contributed by atoms with Crippen molar-refractivity contribution in [1.29, 1.82) is 0 Å². The van der Waals surface area contributed by atoms with E-state index in [2.05, 4.69) is 12.2 Å². The van der Waals surface area contributed by atoms with Crippen molar-refractivity contribution in [2.24, 2.45) is 0 Å². The molecule has 1 N–H and O–H groups in total. The standard InChI is InChI=1S/C26H30N2O3S2/c1-5-32-23-17-11-20(12-18-23)19-25(29)27-22-15-13-21(14-16-22)26(2,3)28(4)33(30,31)24-9-7-6-8-10-24/h6-18H,5,19H2,1-4H3,(H,27,29). The summed E-state index contributed by atoms with van der Waals surface area (Å²) in [6.07, 6.45) is 0.294. The van der Waals surface area contributed by atoms with Crippen LogP contribution in [0.4, 0.5) is 5.69 Å². The number of hydrogen-bond donors (Lipinski definition) is 1. The van der Waals surface area contributed by atoms with E-state index in [0.29, 0.717) is 12.1 Å². The molecule has 0 spiro atoms. The van der Waals surface area contributed by atoms with Gasteiger partial charge in [0.05, 0.1) is 16.9 Å². The Kier molecular flexibility index (Phi) is 8.00. The molecule has 7 heteroatoms. The minimum absolute atomic E-state index is 0.0957. The minimum atomic E-state index is -3.65. The van der Waals surface area contributed by atoms with Crippen LogP contribution in [0.15, 0.2) is 88.7 Å². The van der Waals surface area contributed by atoms with Gasteiger partial charge in [0.2, 0.25) is 15.9 Å². The molecule has 33 heavy (non-hydrogen) atoms. The molecule has 0 saturated heterocycles. The first-order valence-corrected chi connectivity index (χ1v) is 13.2. The van der Waals surface area contributed by atoms with E-state index < -0.39 is 15.6 Å².